The van der Waals surface area contributed by atoms with E-state index in [2.05, 4.69) is 5.32 Å². The number of aliphatic hydroxyl groups is 2. The van der Waals surface area contributed by atoms with Crippen molar-refractivity contribution < 1.29 is 15.0 Å². The Morgan fingerprint density at radius 3 is 2.41 bits per heavy atom. The SMILES string of the molecule is CCC(=O)c1ccc(NCC(C)(O)CO)cc1. The van der Waals surface area contributed by atoms with Gasteiger partial charge in [0, 0.05) is 24.2 Å². The topological polar surface area (TPSA) is 69.6 Å². The van der Waals surface area contributed by atoms with E-state index in [1.165, 1.54) is 0 Å². The third kappa shape index (κ3) is 4.17. The van der Waals surface area contributed by atoms with E-state index in [9.17, 15) is 9.90 Å². The minimum atomic E-state index is -1.14. The lowest BCUT2D eigenvalue weighted by Gasteiger charge is -2.21. The fourth-order valence-electron chi connectivity index (χ4n) is 1.33. The maximum absolute atomic E-state index is 11.4. The summed E-state index contributed by atoms with van der Waals surface area (Å²) in [5, 5.41) is 21.5. The quantitative estimate of drug-likeness (QED) is 0.655. The van der Waals surface area contributed by atoms with Crippen LogP contribution in [0.3, 0.4) is 0 Å². The summed E-state index contributed by atoms with van der Waals surface area (Å²) in [5.41, 5.74) is 0.358. The summed E-state index contributed by atoms with van der Waals surface area (Å²) in [6.07, 6.45) is 0.492. The molecule has 0 saturated heterocycles. The van der Waals surface area contributed by atoms with E-state index in [-0.39, 0.29) is 18.9 Å². The molecule has 1 aromatic rings. The second kappa shape index (κ2) is 5.80. The second-order valence-corrected chi connectivity index (χ2v) is 4.36. The van der Waals surface area contributed by atoms with Crippen molar-refractivity contribution in [2.24, 2.45) is 0 Å². The zero-order valence-electron chi connectivity index (χ0n) is 10.2. The Labute approximate surface area is 101 Å². The Hall–Kier alpha value is -1.39. The van der Waals surface area contributed by atoms with Crippen LogP contribution >= 0.6 is 0 Å². The predicted octanol–water partition coefficient (Wildman–Crippen LogP) is 1.43. The normalized spacial score (nSPS) is 14.1. The molecule has 1 atom stereocenters. The third-order valence-corrected chi connectivity index (χ3v) is 2.54. The molecule has 3 N–H and O–H groups in total. The van der Waals surface area contributed by atoms with Crippen LogP contribution in [0.15, 0.2) is 24.3 Å². The second-order valence-electron chi connectivity index (χ2n) is 4.36. The van der Waals surface area contributed by atoms with Crippen molar-refractivity contribution in [3.05, 3.63) is 29.8 Å². The van der Waals surface area contributed by atoms with Crippen molar-refractivity contribution in [2.45, 2.75) is 25.9 Å². The molecule has 1 unspecified atom stereocenters. The van der Waals surface area contributed by atoms with Crippen LogP contribution in [0.2, 0.25) is 0 Å². The van der Waals surface area contributed by atoms with Crippen LogP contribution in [0.4, 0.5) is 5.69 Å². The van der Waals surface area contributed by atoms with Crippen LogP contribution in [-0.4, -0.2) is 34.7 Å². The van der Waals surface area contributed by atoms with Crippen molar-refractivity contribution in [2.75, 3.05) is 18.5 Å². The third-order valence-electron chi connectivity index (χ3n) is 2.54. The van der Waals surface area contributed by atoms with Gasteiger partial charge in [0.1, 0.15) is 5.60 Å². The molecule has 0 saturated carbocycles. The van der Waals surface area contributed by atoms with E-state index in [0.29, 0.717) is 12.0 Å². The number of hydrogen-bond donors (Lipinski definition) is 3. The van der Waals surface area contributed by atoms with Gasteiger partial charge in [-0.15, -0.1) is 0 Å². The van der Waals surface area contributed by atoms with E-state index in [1.54, 1.807) is 31.2 Å². The molecule has 0 spiro atoms. The van der Waals surface area contributed by atoms with E-state index >= 15 is 0 Å². The molecule has 0 bridgehead atoms. The number of hydrogen-bond acceptors (Lipinski definition) is 4. The first-order chi connectivity index (χ1) is 7.98. The average Bonchev–Trinajstić information content (AvgIpc) is 2.36. The van der Waals surface area contributed by atoms with Crippen molar-refractivity contribution in [1.29, 1.82) is 0 Å². The summed E-state index contributed by atoms with van der Waals surface area (Å²) in [7, 11) is 0. The summed E-state index contributed by atoms with van der Waals surface area (Å²) in [6, 6.07) is 7.08. The van der Waals surface area contributed by atoms with Gasteiger partial charge in [0.05, 0.1) is 6.61 Å². The molecule has 0 aliphatic rings. The van der Waals surface area contributed by atoms with Crippen molar-refractivity contribution in [3.63, 3.8) is 0 Å². The zero-order valence-corrected chi connectivity index (χ0v) is 10.2. The first-order valence-corrected chi connectivity index (χ1v) is 5.69. The van der Waals surface area contributed by atoms with Crippen molar-refractivity contribution in [1.82, 2.24) is 0 Å². The van der Waals surface area contributed by atoms with E-state index in [0.717, 1.165) is 5.69 Å². The lowest BCUT2D eigenvalue weighted by molar-refractivity contribution is 0.0132. The van der Waals surface area contributed by atoms with E-state index in [4.69, 9.17) is 5.11 Å². The number of carbonyl (C=O) groups is 1. The summed E-state index contributed by atoms with van der Waals surface area (Å²) >= 11 is 0. The van der Waals surface area contributed by atoms with Gasteiger partial charge in [0.15, 0.2) is 5.78 Å². The molecular weight excluding hydrogens is 218 g/mol. The fourth-order valence-corrected chi connectivity index (χ4v) is 1.33. The van der Waals surface area contributed by atoms with Gasteiger partial charge < -0.3 is 15.5 Å². The molecule has 17 heavy (non-hydrogen) atoms. The molecule has 1 rings (SSSR count). The number of anilines is 1. The first-order valence-electron chi connectivity index (χ1n) is 5.69. The minimum Gasteiger partial charge on any atom is -0.393 e. The number of rotatable bonds is 6. The Morgan fingerprint density at radius 2 is 1.94 bits per heavy atom. The molecule has 0 aliphatic heterocycles. The van der Waals surface area contributed by atoms with E-state index in [1.807, 2.05) is 6.92 Å². The summed E-state index contributed by atoms with van der Waals surface area (Å²) < 4.78 is 0. The smallest absolute Gasteiger partial charge is 0.162 e. The highest BCUT2D eigenvalue weighted by Crippen LogP contribution is 2.12. The maximum atomic E-state index is 11.4. The highest BCUT2D eigenvalue weighted by Gasteiger charge is 2.18. The number of aliphatic hydroxyl groups excluding tert-OH is 1. The number of benzene rings is 1. The van der Waals surface area contributed by atoms with Gasteiger partial charge in [0.25, 0.3) is 0 Å². The van der Waals surface area contributed by atoms with Gasteiger partial charge in [0.2, 0.25) is 0 Å². The number of carbonyl (C=O) groups excluding carboxylic acids is 1. The largest absolute Gasteiger partial charge is 0.393 e. The van der Waals surface area contributed by atoms with Gasteiger partial charge in [-0.05, 0) is 31.2 Å². The number of ketones is 1. The van der Waals surface area contributed by atoms with Gasteiger partial charge in [-0.2, -0.15) is 0 Å². The zero-order chi connectivity index (χ0) is 12.9. The summed E-state index contributed by atoms with van der Waals surface area (Å²) in [6.45, 7) is 3.33. The molecule has 0 heterocycles. The van der Waals surface area contributed by atoms with E-state index < -0.39 is 5.60 Å². The average molecular weight is 237 g/mol. The highest BCUT2D eigenvalue weighted by molar-refractivity contribution is 5.96. The summed E-state index contributed by atoms with van der Waals surface area (Å²) in [4.78, 5) is 11.4. The standard InChI is InChI=1S/C13H19NO3/c1-3-12(16)10-4-6-11(7-5-10)14-8-13(2,17)9-15/h4-7,14-15,17H,3,8-9H2,1-2H3. The van der Waals surface area contributed by atoms with Crippen LogP contribution < -0.4 is 5.32 Å². The maximum Gasteiger partial charge on any atom is 0.162 e. The predicted molar refractivity (Wildman–Crippen MR) is 67.3 cm³/mol. The molecule has 4 nitrogen and oxygen atoms in total. The lowest BCUT2D eigenvalue weighted by Crippen LogP contribution is -2.37. The molecular formula is C13H19NO3. The molecule has 0 aliphatic carbocycles. The molecule has 1 aromatic carbocycles. The molecule has 0 radical (unpaired) electrons. The molecule has 0 amide bonds. The molecule has 4 heteroatoms. The van der Waals surface area contributed by atoms with Crippen LogP contribution in [0.25, 0.3) is 0 Å². The monoisotopic (exact) mass is 237 g/mol. The van der Waals surface area contributed by atoms with Crippen LogP contribution in [0.1, 0.15) is 30.6 Å². The number of nitrogens with one attached hydrogen (secondary N) is 1. The Morgan fingerprint density at radius 1 is 1.35 bits per heavy atom. The Balaban J connectivity index is 2.60. The highest BCUT2D eigenvalue weighted by atomic mass is 16.3. The number of Topliss-reactive ketones (excluding diaryl/α,β-unsaturated/α-hetero) is 1. The van der Waals surface area contributed by atoms with Crippen LogP contribution in [0.5, 0.6) is 0 Å². The molecule has 0 fully saturated rings. The van der Waals surface area contributed by atoms with Crippen LogP contribution in [0, 0.1) is 0 Å². The Kier molecular flexibility index (Phi) is 4.66. The minimum absolute atomic E-state index is 0.110. The van der Waals surface area contributed by atoms with Gasteiger partial charge >= 0.3 is 0 Å². The van der Waals surface area contributed by atoms with Crippen LogP contribution in [-0.2, 0) is 0 Å². The first kappa shape index (κ1) is 13.7. The van der Waals surface area contributed by atoms with Gasteiger partial charge in [-0.1, -0.05) is 6.92 Å². The van der Waals surface area contributed by atoms with Gasteiger partial charge in [-0.3, -0.25) is 4.79 Å². The van der Waals surface area contributed by atoms with Crippen molar-refractivity contribution in [3.8, 4) is 0 Å². The molecule has 94 valence electrons. The fraction of sp³-hybridized carbons (Fsp3) is 0.462. The Bertz CT molecular complexity index is 371. The lowest BCUT2D eigenvalue weighted by atomic mass is 10.1. The van der Waals surface area contributed by atoms with Gasteiger partial charge in [-0.25, -0.2) is 0 Å². The molecule has 0 aromatic heterocycles. The summed E-state index contributed by atoms with van der Waals surface area (Å²) in [5.74, 6) is 0.110. The van der Waals surface area contributed by atoms with Crippen molar-refractivity contribution >= 4 is 11.5 Å².